The number of aromatic nitrogens is 4. The fourth-order valence-electron chi connectivity index (χ4n) is 2.50. The van der Waals surface area contributed by atoms with Crippen molar-refractivity contribution in [2.24, 2.45) is 0 Å². The minimum Gasteiger partial charge on any atom is -0.452 e. The van der Waals surface area contributed by atoms with Crippen molar-refractivity contribution >= 4 is 5.97 Å². The van der Waals surface area contributed by atoms with Gasteiger partial charge in [0.1, 0.15) is 5.56 Å². The number of hydrogen-bond acceptors (Lipinski definition) is 6. The second kappa shape index (κ2) is 6.66. The molecule has 3 aromatic rings. The molecule has 24 heavy (non-hydrogen) atoms. The molecule has 0 atom stereocenters. The molecule has 7 heteroatoms. The van der Waals surface area contributed by atoms with Gasteiger partial charge in [0, 0.05) is 6.92 Å². The molecule has 0 spiro atoms. The van der Waals surface area contributed by atoms with E-state index < -0.39 is 5.97 Å². The molecule has 0 saturated heterocycles. The molecule has 0 bridgehead atoms. The van der Waals surface area contributed by atoms with E-state index in [0.717, 1.165) is 11.3 Å². The van der Waals surface area contributed by atoms with Crippen LogP contribution < -0.4 is 0 Å². The van der Waals surface area contributed by atoms with Crippen LogP contribution in [-0.4, -0.2) is 25.9 Å². The van der Waals surface area contributed by atoms with Crippen molar-refractivity contribution < 1.29 is 13.9 Å². The van der Waals surface area contributed by atoms with Gasteiger partial charge < -0.3 is 9.15 Å². The summed E-state index contributed by atoms with van der Waals surface area (Å²) in [7, 11) is 0. The van der Waals surface area contributed by atoms with Crippen molar-refractivity contribution in [3.8, 4) is 0 Å². The largest absolute Gasteiger partial charge is 0.452 e. The number of hydrogen-bond donors (Lipinski definition) is 0. The zero-order chi connectivity index (χ0) is 17.1. The Morgan fingerprint density at radius 3 is 2.58 bits per heavy atom. The fraction of sp³-hybridized carbons (Fsp3) is 0.294. The maximum Gasteiger partial charge on any atom is 0.342 e. The zero-order valence-corrected chi connectivity index (χ0v) is 13.8. The van der Waals surface area contributed by atoms with E-state index in [1.54, 1.807) is 18.5 Å². The van der Waals surface area contributed by atoms with E-state index in [9.17, 15) is 4.79 Å². The van der Waals surface area contributed by atoms with E-state index in [4.69, 9.17) is 9.15 Å². The molecule has 2 heterocycles. The highest BCUT2D eigenvalue weighted by Crippen LogP contribution is 2.17. The van der Waals surface area contributed by atoms with Crippen LogP contribution in [0.1, 0.15) is 39.1 Å². The van der Waals surface area contributed by atoms with Crippen LogP contribution in [0.3, 0.4) is 0 Å². The molecule has 0 aliphatic heterocycles. The topological polar surface area (TPSA) is 83.0 Å². The SMILES string of the molecule is Cc1nnc(COC(=O)c2c(C)nn(Cc3ccccc3)c2C)o1. The quantitative estimate of drug-likeness (QED) is 0.670. The van der Waals surface area contributed by atoms with Crippen LogP contribution in [0.4, 0.5) is 0 Å². The van der Waals surface area contributed by atoms with Gasteiger partial charge in [-0.1, -0.05) is 30.3 Å². The first-order chi connectivity index (χ1) is 11.5. The Balaban J connectivity index is 1.74. The summed E-state index contributed by atoms with van der Waals surface area (Å²) in [5, 5.41) is 12.0. The lowest BCUT2D eigenvalue weighted by atomic mass is 10.2. The number of benzene rings is 1. The third-order valence-electron chi connectivity index (χ3n) is 3.66. The molecule has 3 rings (SSSR count). The van der Waals surface area contributed by atoms with Crippen LogP contribution in [0.5, 0.6) is 0 Å². The van der Waals surface area contributed by atoms with E-state index in [0.29, 0.717) is 23.7 Å². The molecule has 0 amide bonds. The van der Waals surface area contributed by atoms with Gasteiger partial charge in [-0.15, -0.1) is 10.2 Å². The van der Waals surface area contributed by atoms with E-state index in [2.05, 4.69) is 15.3 Å². The Labute approximate surface area is 139 Å². The number of aryl methyl sites for hydroxylation is 2. The maximum absolute atomic E-state index is 12.4. The molecule has 0 N–H and O–H groups in total. The summed E-state index contributed by atoms with van der Waals surface area (Å²) in [4.78, 5) is 12.4. The third kappa shape index (κ3) is 3.34. The Bertz CT molecular complexity index is 852. The van der Waals surface area contributed by atoms with Crippen molar-refractivity contribution in [1.82, 2.24) is 20.0 Å². The molecule has 2 aromatic heterocycles. The van der Waals surface area contributed by atoms with Gasteiger partial charge in [0.15, 0.2) is 6.61 Å². The Morgan fingerprint density at radius 2 is 1.92 bits per heavy atom. The van der Waals surface area contributed by atoms with Crippen LogP contribution >= 0.6 is 0 Å². The summed E-state index contributed by atoms with van der Waals surface area (Å²) in [6.07, 6.45) is 0. The highest BCUT2D eigenvalue weighted by atomic mass is 16.5. The lowest BCUT2D eigenvalue weighted by Crippen LogP contribution is -2.09. The van der Waals surface area contributed by atoms with Crippen molar-refractivity contribution in [3.05, 3.63) is 64.6 Å². The highest BCUT2D eigenvalue weighted by Gasteiger charge is 2.21. The third-order valence-corrected chi connectivity index (χ3v) is 3.66. The Hall–Kier alpha value is -2.96. The standard InChI is InChI=1S/C17H18N4O3/c1-11-16(17(22)23-10-15-19-18-13(3)24-15)12(2)21(20-11)9-14-7-5-4-6-8-14/h4-8H,9-10H2,1-3H3. The van der Waals surface area contributed by atoms with Crippen molar-refractivity contribution in [1.29, 1.82) is 0 Å². The molecule has 0 saturated carbocycles. The summed E-state index contributed by atoms with van der Waals surface area (Å²) < 4.78 is 12.3. The van der Waals surface area contributed by atoms with Crippen molar-refractivity contribution in [2.45, 2.75) is 33.9 Å². The Morgan fingerprint density at radius 1 is 1.17 bits per heavy atom. The summed E-state index contributed by atoms with van der Waals surface area (Å²) in [6.45, 7) is 5.88. The number of nitrogens with zero attached hydrogens (tertiary/aromatic N) is 4. The molecule has 1 aromatic carbocycles. The summed E-state index contributed by atoms with van der Waals surface area (Å²) >= 11 is 0. The second-order valence-corrected chi connectivity index (χ2v) is 5.48. The van der Waals surface area contributed by atoms with Crippen LogP contribution in [0.15, 0.2) is 34.7 Å². The first-order valence-corrected chi connectivity index (χ1v) is 7.58. The van der Waals surface area contributed by atoms with Gasteiger partial charge in [0.25, 0.3) is 5.89 Å². The minimum atomic E-state index is -0.444. The monoisotopic (exact) mass is 326 g/mol. The molecule has 7 nitrogen and oxygen atoms in total. The minimum absolute atomic E-state index is 0.0532. The van der Waals surface area contributed by atoms with E-state index in [1.165, 1.54) is 0 Å². The van der Waals surface area contributed by atoms with Crippen LogP contribution in [-0.2, 0) is 17.9 Å². The van der Waals surface area contributed by atoms with Crippen LogP contribution in [0.25, 0.3) is 0 Å². The van der Waals surface area contributed by atoms with Gasteiger partial charge >= 0.3 is 5.97 Å². The summed E-state index contributed by atoms with van der Waals surface area (Å²) in [5.41, 5.74) is 2.99. The molecule has 0 aliphatic carbocycles. The van der Waals surface area contributed by atoms with Gasteiger partial charge in [-0.05, 0) is 19.4 Å². The number of ether oxygens (including phenoxy) is 1. The predicted molar refractivity (Wildman–Crippen MR) is 85.4 cm³/mol. The van der Waals surface area contributed by atoms with Crippen molar-refractivity contribution in [3.63, 3.8) is 0 Å². The lowest BCUT2D eigenvalue weighted by Gasteiger charge is -2.05. The van der Waals surface area contributed by atoms with Crippen molar-refractivity contribution in [2.75, 3.05) is 0 Å². The molecule has 0 fully saturated rings. The Kier molecular flexibility index (Phi) is 4.41. The average Bonchev–Trinajstić information content (AvgIpc) is 3.10. The van der Waals surface area contributed by atoms with Gasteiger partial charge in [-0.3, -0.25) is 4.68 Å². The van der Waals surface area contributed by atoms with Gasteiger partial charge in [0.2, 0.25) is 5.89 Å². The molecule has 0 radical (unpaired) electrons. The predicted octanol–water partition coefficient (Wildman–Crippen LogP) is 2.60. The zero-order valence-electron chi connectivity index (χ0n) is 13.8. The number of carbonyl (C=O) groups is 1. The smallest absolute Gasteiger partial charge is 0.342 e. The van der Waals surface area contributed by atoms with E-state index in [-0.39, 0.29) is 12.5 Å². The average molecular weight is 326 g/mol. The molecule has 0 aliphatic rings. The van der Waals surface area contributed by atoms with Crippen LogP contribution in [0, 0.1) is 20.8 Å². The number of carbonyl (C=O) groups excluding carboxylic acids is 1. The summed E-state index contributed by atoms with van der Waals surface area (Å²) in [6, 6.07) is 9.95. The van der Waals surface area contributed by atoms with E-state index in [1.807, 2.05) is 37.3 Å². The first kappa shape index (κ1) is 15.9. The van der Waals surface area contributed by atoms with Gasteiger partial charge in [0.05, 0.1) is 17.9 Å². The second-order valence-electron chi connectivity index (χ2n) is 5.48. The number of esters is 1. The van der Waals surface area contributed by atoms with Crippen LogP contribution in [0.2, 0.25) is 0 Å². The van der Waals surface area contributed by atoms with Gasteiger partial charge in [-0.2, -0.15) is 5.10 Å². The van der Waals surface area contributed by atoms with Gasteiger partial charge in [-0.25, -0.2) is 4.79 Å². The molecular formula is C17H18N4O3. The first-order valence-electron chi connectivity index (χ1n) is 7.58. The summed E-state index contributed by atoms with van der Waals surface area (Å²) in [5.74, 6) is 0.261. The maximum atomic E-state index is 12.4. The van der Waals surface area contributed by atoms with E-state index >= 15 is 0 Å². The number of rotatable bonds is 5. The highest BCUT2D eigenvalue weighted by molar-refractivity contribution is 5.91. The fourth-order valence-corrected chi connectivity index (χ4v) is 2.50. The molecule has 0 unspecified atom stereocenters. The normalized spacial score (nSPS) is 10.8. The molecular weight excluding hydrogens is 308 g/mol. The molecule has 124 valence electrons. The lowest BCUT2D eigenvalue weighted by molar-refractivity contribution is 0.0435.